The lowest BCUT2D eigenvalue weighted by Gasteiger charge is -2.21. The van der Waals surface area contributed by atoms with Gasteiger partial charge in [0.2, 0.25) is 5.95 Å². The fraction of sp³-hybridized carbons (Fsp3) is 0.150. The second kappa shape index (κ2) is 8.51. The monoisotopic (exact) mass is 386 g/mol. The van der Waals surface area contributed by atoms with Gasteiger partial charge < -0.3 is 10.2 Å². The van der Waals surface area contributed by atoms with Gasteiger partial charge in [0.25, 0.3) is 5.91 Å². The lowest BCUT2D eigenvalue weighted by Crippen LogP contribution is -2.25. The second-order valence-corrected chi connectivity index (χ2v) is 5.92. The number of nitrogens with one attached hydrogen (secondary N) is 1. The molecule has 8 heteroatoms. The molecule has 0 spiro atoms. The van der Waals surface area contributed by atoms with Gasteiger partial charge in [0.15, 0.2) is 17.5 Å². The first-order valence-electron chi connectivity index (χ1n) is 8.56. The van der Waals surface area contributed by atoms with Crippen molar-refractivity contribution in [3.8, 4) is 0 Å². The van der Waals surface area contributed by atoms with E-state index in [0.29, 0.717) is 19.0 Å². The Morgan fingerprint density at radius 2 is 1.79 bits per heavy atom. The molecule has 0 unspecified atom stereocenters. The number of hydrogen-bond donors (Lipinski definition) is 1. The maximum Gasteiger partial charge on any atom is 0.274 e. The Kier molecular flexibility index (Phi) is 5.88. The van der Waals surface area contributed by atoms with Crippen molar-refractivity contribution in [3.63, 3.8) is 0 Å². The first kappa shape index (κ1) is 19.3. The summed E-state index contributed by atoms with van der Waals surface area (Å²) in [6.45, 7) is 3.06. The zero-order valence-electron chi connectivity index (χ0n) is 15.0. The van der Waals surface area contributed by atoms with Crippen LogP contribution < -0.4 is 10.2 Å². The minimum atomic E-state index is -1.65. The molecule has 1 heterocycles. The van der Waals surface area contributed by atoms with Gasteiger partial charge in [0.05, 0.1) is 5.69 Å². The van der Waals surface area contributed by atoms with E-state index in [2.05, 4.69) is 15.3 Å². The highest BCUT2D eigenvalue weighted by molar-refractivity contribution is 6.03. The Labute approximate surface area is 159 Å². The van der Waals surface area contributed by atoms with E-state index in [9.17, 15) is 18.0 Å². The van der Waals surface area contributed by atoms with Crippen LogP contribution in [-0.2, 0) is 6.54 Å². The number of anilines is 2. The molecule has 0 aliphatic carbocycles. The van der Waals surface area contributed by atoms with E-state index in [0.717, 1.165) is 17.7 Å². The highest BCUT2D eigenvalue weighted by atomic mass is 19.2. The number of carbonyl (C=O) groups excluding carboxylic acids is 1. The molecule has 0 fully saturated rings. The standard InChI is InChI=1S/C20H17F3N4O/c1-2-27(12-13-6-4-3-5-7-13)20-24-11-10-16(26-20)19(28)25-15-9-8-14(21)17(22)18(15)23/h3-11H,2,12H2,1H3,(H,25,28). The average molecular weight is 386 g/mol. The molecule has 0 radical (unpaired) electrons. The van der Waals surface area contributed by atoms with Gasteiger partial charge in [0, 0.05) is 19.3 Å². The zero-order chi connectivity index (χ0) is 20.1. The highest BCUT2D eigenvalue weighted by Gasteiger charge is 2.18. The van der Waals surface area contributed by atoms with Crippen molar-refractivity contribution in [1.29, 1.82) is 0 Å². The summed E-state index contributed by atoms with van der Waals surface area (Å²) in [5.74, 6) is -4.89. The van der Waals surface area contributed by atoms with Crippen LogP contribution in [0.4, 0.5) is 24.8 Å². The predicted molar refractivity (Wildman–Crippen MR) is 99.5 cm³/mol. The van der Waals surface area contributed by atoms with Crippen molar-refractivity contribution < 1.29 is 18.0 Å². The maximum atomic E-state index is 13.8. The van der Waals surface area contributed by atoms with Gasteiger partial charge in [-0.3, -0.25) is 4.79 Å². The Morgan fingerprint density at radius 3 is 2.50 bits per heavy atom. The molecule has 1 aromatic heterocycles. The molecular formula is C20H17F3N4O. The van der Waals surface area contributed by atoms with Crippen molar-refractivity contribution in [1.82, 2.24) is 9.97 Å². The summed E-state index contributed by atoms with van der Waals surface area (Å²) in [5.41, 5.74) is 0.549. The summed E-state index contributed by atoms with van der Waals surface area (Å²) in [7, 11) is 0. The molecule has 2 aromatic carbocycles. The number of benzene rings is 2. The van der Waals surface area contributed by atoms with Crippen LogP contribution in [0.25, 0.3) is 0 Å². The third-order valence-electron chi connectivity index (χ3n) is 4.04. The van der Waals surface area contributed by atoms with E-state index in [1.54, 1.807) is 0 Å². The fourth-order valence-corrected chi connectivity index (χ4v) is 2.56. The first-order valence-corrected chi connectivity index (χ1v) is 8.56. The summed E-state index contributed by atoms with van der Waals surface area (Å²) in [6.07, 6.45) is 1.41. The van der Waals surface area contributed by atoms with Gasteiger partial charge in [-0.25, -0.2) is 23.1 Å². The van der Waals surface area contributed by atoms with E-state index >= 15 is 0 Å². The molecule has 0 aliphatic rings. The van der Waals surface area contributed by atoms with Crippen molar-refractivity contribution in [2.45, 2.75) is 13.5 Å². The molecule has 0 saturated heterocycles. The molecule has 28 heavy (non-hydrogen) atoms. The van der Waals surface area contributed by atoms with Crippen molar-refractivity contribution in [2.24, 2.45) is 0 Å². The normalized spacial score (nSPS) is 10.6. The van der Waals surface area contributed by atoms with E-state index in [1.807, 2.05) is 42.2 Å². The lowest BCUT2D eigenvalue weighted by molar-refractivity contribution is 0.102. The maximum absolute atomic E-state index is 13.8. The van der Waals surface area contributed by atoms with Crippen LogP contribution in [0.15, 0.2) is 54.7 Å². The summed E-state index contributed by atoms with van der Waals surface area (Å²) < 4.78 is 40.1. The van der Waals surface area contributed by atoms with E-state index < -0.39 is 29.0 Å². The Balaban J connectivity index is 1.80. The van der Waals surface area contributed by atoms with Gasteiger partial charge in [-0.1, -0.05) is 30.3 Å². The van der Waals surface area contributed by atoms with Crippen LogP contribution in [0.1, 0.15) is 23.0 Å². The van der Waals surface area contributed by atoms with E-state index in [4.69, 9.17) is 0 Å². The number of nitrogens with zero attached hydrogens (tertiary/aromatic N) is 3. The smallest absolute Gasteiger partial charge is 0.274 e. The molecule has 1 amide bonds. The number of rotatable bonds is 6. The number of hydrogen-bond acceptors (Lipinski definition) is 4. The van der Waals surface area contributed by atoms with Crippen LogP contribution >= 0.6 is 0 Å². The molecule has 3 rings (SSSR count). The van der Waals surface area contributed by atoms with Crippen LogP contribution in [-0.4, -0.2) is 22.4 Å². The summed E-state index contributed by atoms with van der Waals surface area (Å²) in [6, 6.07) is 12.7. The topological polar surface area (TPSA) is 58.1 Å². The van der Waals surface area contributed by atoms with Gasteiger partial charge >= 0.3 is 0 Å². The summed E-state index contributed by atoms with van der Waals surface area (Å²) >= 11 is 0. The summed E-state index contributed by atoms with van der Waals surface area (Å²) in [4.78, 5) is 22.7. The van der Waals surface area contributed by atoms with Gasteiger partial charge in [-0.15, -0.1) is 0 Å². The predicted octanol–water partition coefficient (Wildman–Crippen LogP) is 4.17. The van der Waals surface area contributed by atoms with Crippen LogP contribution in [0.3, 0.4) is 0 Å². The van der Waals surface area contributed by atoms with Crippen molar-refractivity contribution in [2.75, 3.05) is 16.8 Å². The van der Waals surface area contributed by atoms with Gasteiger partial charge in [0.1, 0.15) is 5.69 Å². The van der Waals surface area contributed by atoms with Crippen LogP contribution in [0.5, 0.6) is 0 Å². The Hall–Kier alpha value is -3.42. The number of amides is 1. The lowest BCUT2D eigenvalue weighted by atomic mass is 10.2. The molecule has 0 bridgehead atoms. The highest BCUT2D eigenvalue weighted by Crippen LogP contribution is 2.20. The van der Waals surface area contributed by atoms with E-state index in [-0.39, 0.29) is 5.69 Å². The largest absolute Gasteiger partial charge is 0.337 e. The molecule has 3 aromatic rings. The van der Waals surface area contributed by atoms with Crippen LogP contribution in [0.2, 0.25) is 0 Å². The first-order chi connectivity index (χ1) is 13.5. The molecule has 144 valence electrons. The zero-order valence-corrected chi connectivity index (χ0v) is 15.0. The minimum Gasteiger partial charge on any atom is -0.337 e. The number of halogens is 3. The third-order valence-corrected chi connectivity index (χ3v) is 4.04. The number of aromatic nitrogens is 2. The SMILES string of the molecule is CCN(Cc1ccccc1)c1nccc(C(=O)Nc2ccc(F)c(F)c2F)n1. The third kappa shape index (κ3) is 4.28. The average Bonchev–Trinajstić information content (AvgIpc) is 2.73. The Morgan fingerprint density at radius 1 is 1.04 bits per heavy atom. The molecular weight excluding hydrogens is 369 g/mol. The summed E-state index contributed by atoms with van der Waals surface area (Å²) in [5, 5.41) is 2.20. The minimum absolute atomic E-state index is 0.0272. The second-order valence-electron chi connectivity index (χ2n) is 5.92. The molecule has 0 atom stereocenters. The number of carbonyl (C=O) groups is 1. The van der Waals surface area contributed by atoms with E-state index in [1.165, 1.54) is 12.3 Å². The van der Waals surface area contributed by atoms with Crippen molar-refractivity contribution >= 4 is 17.5 Å². The molecule has 1 N–H and O–H groups in total. The Bertz CT molecular complexity index is 982. The fourth-order valence-electron chi connectivity index (χ4n) is 2.56. The van der Waals surface area contributed by atoms with Gasteiger partial charge in [-0.05, 0) is 30.7 Å². The molecule has 0 saturated carbocycles. The van der Waals surface area contributed by atoms with Crippen molar-refractivity contribution in [3.05, 3.63) is 83.4 Å². The molecule has 0 aliphatic heterocycles. The van der Waals surface area contributed by atoms with Gasteiger partial charge in [-0.2, -0.15) is 0 Å². The van der Waals surface area contributed by atoms with Crippen LogP contribution in [0, 0.1) is 17.5 Å². The molecule has 5 nitrogen and oxygen atoms in total. The quantitative estimate of drug-likeness (QED) is 0.646.